The zero-order valence-corrected chi connectivity index (χ0v) is 14.4. The number of rotatable bonds is 5. The number of amides is 1. The Morgan fingerprint density at radius 2 is 2.17 bits per heavy atom. The molecule has 24 heavy (non-hydrogen) atoms. The van der Waals surface area contributed by atoms with Crippen LogP contribution < -0.4 is 10.2 Å². The Bertz CT molecular complexity index is 652. The average Bonchev–Trinajstić information content (AvgIpc) is 3.08. The van der Waals surface area contributed by atoms with Gasteiger partial charge in [0.25, 0.3) is 0 Å². The number of anilines is 1. The fourth-order valence-corrected chi connectivity index (χ4v) is 3.04. The summed E-state index contributed by atoms with van der Waals surface area (Å²) in [5, 5.41) is 15.6. The van der Waals surface area contributed by atoms with E-state index < -0.39 is 0 Å². The third-order valence-electron chi connectivity index (χ3n) is 4.22. The van der Waals surface area contributed by atoms with Crippen molar-refractivity contribution >= 4 is 23.3 Å². The molecule has 1 aliphatic rings. The van der Waals surface area contributed by atoms with Gasteiger partial charge >= 0.3 is 0 Å². The quantitative estimate of drug-likeness (QED) is 0.890. The molecule has 3 rings (SSSR count). The van der Waals surface area contributed by atoms with Crippen molar-refractivity contribution < 1.29 is 4.79 Å². The van der Waals surface area contributed by atoms with Crippen LogP contribution in [-0.2, 0) is 11.3 Å². The second-order valence-electron chi connectivity index (χ2n) is 6.11. The van der Waals surface area contributed by atoms with Gasteiger partial charge in [0, 0.05) is 37.4 Å². The minimum atomic E-state index is 0.0431. The van der Waals surface area contributed by atoms with E-state index in [2.05, 4.69) is 25.5 Å². The van der Waals surface area contributed by atoms with Gasteiger partial charge < -0.3 is 10.2 Å². The predicted molar refractivity (Wildman–Crippen MR) is 91.8 cm³/mol. The molecule has 2 aromatic rings. The zero-order chi connectivity index (χ0) is 16.9. The molecule has 8 heteroatoms. The molecule has 2 aromatic heterocycles. The van der Waals surface area contributed by atoms with E-state index in [0.717, 1.165) is 31.7 Å². The van der Waals surface area contributed by atoms with Gasteiger partial charge in [-0.1, -0.05) is 11.6 Å². The summed E-state index contributed by atoms with van der Waals surface area (Å²) in [7, 11) is 0. The van der Waals surface area contributed by atoms with Gasteiger partial charge in [-0.2, -0.15) is 5.10 Å². The molecule has 1 atom stereocenters. The molecule has 0 spiro atoms. The number of piperidine rings is 1. The molecule has 7 nitrogen and oxygen atoms in total. The number of carbonyl (C=O) groups is 1. The van der Waals surface area contributed by atoms with E-state index in [1.807, 2.05) is 29.9 Å². The summed E-state index contributed by atoms with van der Waals surface area (Å²) in [5.41, 5.74) is 0. The largest absolute Gasteiger partial charge is 0.355 e. The molecule has 0 saturated carbocycles. The summed E-state index contributed by atoms with van der Waals surface area (Å²) in [6.07, 6.45) is 5.26. The van der Waals surface area contributed by atoms with Crippen LogP contribution in [0.4, 0.5) is 5.82 Å². The van der Waals surface area contributed by atoms with Crippen molar-refractivity contribution in [3.05, 3.63) is 35.7 Å². The number of nitrogens with zero attached hydrogens (tertiary/aromatic N) is 5. The van der Waals surface area contributed by atoms with Crippen LogP contribution in [0, 0.1) is 5.92 Å². The Kier molecular flexibility index (Phi) is 5.30. The van der Waals surface area contributed by atoms with E-state index in [4.69, 9.17) is 11.6 Å². The molecule has 1 saturated heterocycles. The number of carbonyl (C=O) groups excluding carboxylic acids is 1. The summed E-state index contributed by atoms with van der Waals surface area (Å²) in [6.45, 7) is 4.26. The van der Waals surface area contributed by atoms with Gasteiger partial charge in [0.05, 0.1) is 6.54 Å². The van der Waals surface area contributed by atoms with E-state index in [0.29, 0.717) is 11.7 Å². The SMILES string of the molecule is C[C@@H](Cn1cccn1)NC(=O)C1CCN(c2ccc(Cl)nn2)CC1. The molecule has 0 radical (unpaired) electrons. The van der Waals surface area contributed by atoms with Gasteiger partial charge in [-0.25, -0.2) is 0 Å². The summed E-state index contributed by atoms with van der Waals surface area (Å²) < 4.78 is 1.83. The van der Waals surface area contributed by atoms with Crippen molar-refractivity contribution in [1.29, 1.82) is 0 Å². The van der Waals surface area contributed by atoms with Gasteiger partial charge in [-0.05, 0) is 38.0 Å². The average molecular weight is 349 g/mol. The lowest BCUT2D eigenvalue weighted by Crippen LogP contribution is -2.44. The van der Waals surface area contributed by atoms with Gasteiger partial charge in [0.15, 0.2) is 11.0 Å². The van der Waals surface area contributed by atoms with Gasteiger partial charge in [0.1, 0.15) is 0 Å². The number of nitrogens with one attached hydrogen (secondary N) is 1. The Hall–Kier alpha value is -2.15. The lowest BCUT2D eigenvalue weighted by Gasteiger charge is -2.32. The molecule has 3 heterocycles. The second kappa shape index (κ2) is 7.61. The summed E-state index contributed by atoms with van der Waals surface area (Å²) in [4.78, 5) is 14.6. The predicted octanol–water partition coefficient (Wildman–Crippen LogP) is 1.75. The smallest absolute Gasteiger partial charge is 0.223 e. The highest BCUT2D eigenvalue weighted by Gasteiger charge is 2.26. The highest BCUT2D eigenvalue weighted by atomic mass is 35.5. The Morgan fingerprint density at radius 3 is 2.79 bits per heavy atom. The molecule has 128 valence electrons. The monoisotopic (exact) mass is 348 g/mol. The first-order chi connectivity index (χ1) is 11.6. The van der Waals surface area contributed by atoms with Crippen molar-refractivity contribution in [2.45, 2.75) is 32.4 Å². The second-order valence-corrected chi connectivity index (χ2v) is 6.50. The van der Waals surface area contributed by atoms with Crippen molar-refractivity contribution in [1.82, 2.24) is 25.3 Å². The molecular formula is C16H21ClN6O. The van der Waals surface area contributed by atoms with E-state index >= 15 is 0 Å². The molecule has 1 amide bonds. The zero-order valence-electron chi connectivity index (χ0n) is 13.6. The van der Waals surface area contributed by atoms with Crippen LogP contribution in [0.25, 0.3) is 0 Å². The Morgan fingerprint density at radius 1 is 1.38 bits per heavy atom. The number of halogens is 1. The maximum Gasteiger partial charge on any atom is 0.223 e. The summed E-state index contributed by atoms with van der Waals surface area (Å²) >= 11 is 5.76. The van der Waals surface area contributed by atoms with E-state index in [-0.39, 0.29) is 17.9 Å². The van der Waals surface area contributed by atoms with Crippen LogP contribution >= 0.6 is 11.6 Å². The van der Waals surface area contributed by atoms with Crippen LogP contribution in [0.3, 0.4) is 0 Å². The van der Waals surface area contributed by atoms with Gasteiger partial charge in [-0.3, -0.25) is 9.48 Å². The fourth-order valence-electron chi connectivity index (χ4n) is 2.94. The molecule has 1 N–H and O–H groups in total. The minimum absolute atomic E-state index is 0.0431. The van der Waals surface area contributed by atoms with Crippen molar-refractivity contribution in [2.75, 3.05) is 18.0 Å². The standard InChI is InChI=1S/C16H21ClN6O/c1-12(11-23-8-2-7-18-23)19-16(24)13-5-9-22(10-6-13)15-4-3-14(17)20-21-15/h2-4,7-8,12-13H,5-6,9-11H2,1H3,(H,19,24)/t12-/m0/s1. The van der Waals surface area contributed by atoms with Crippen LogP contribution in [0.5, 0.6) is 0 Å². The van der Waals surface area contributed by atoms with Crippen molar-refractivity contribution in [2.24, 2.45) is 5.92 Å². The molecular weight excluding hydrogens is 328 g/mol. The maximum atomic E-state index is 12.4. The molecule has 1 aliphatic heterocycles. The molecule has 0 unspecified atom stereocenters. The summed E-state index contributed by atoms with van der Waals surface area (Å²) in [5.74, 6) is 0.975. The lowest BCUT2D eigenvalue weighted by atomic mass is 9.95. The highest BCUT2D eigenvalue weighted by molar-refractivity contribution is 6.29. The molecule has 0 aliphatic carbocycles. The third kappa shape index (κ3) is 4.23. The first kappa shape index (κ1) is 16.7. The van der Waals surface area contributed by atoms with E-state index in [1.54, 1.807) is 12.3 Å². The lowest BCUT2D eigenvalue weighted by molar-refractivity contribution is -0.126. The highest BCUT2D eigenvalue weighted by Crippen LogP contribution is 2.22. The molecule has 0 aromatic carbocycles. The maximum absolute atomic E-state index is 12.4. The first-order valence-electron chi connectivity index (χ1n) is 8.14. The van der Waals surface area contributed by atoms with Gasteiger partial charge in [0.2, 0.25) is 5.91 Å². The van der Waals surface area contributed by atoms with Crippen LogP contribution in [-0.4, -0.2) is 45.0 Å². The molecule has 0 bridgehead atoms. The topological polar surface area (TPSA) is 75.9 Å². The van der Waals surface area contributed by atoms with Crippen molar-refractivity contribution in [3.8, 4) is 0 Å². The van der Waals surface area contributed by atoms with Crippen LogP contribution in [0.15, 0.2) is 30.6 Å². The normalized spacial score (nSPS) is 16.8. The minimum Gasteiger partial charge on any atom is -0.355 e. The Labute approximate surface area is 146 Å². The number of hydrogen-bond donors (Lipinski definition) is 1. The molecule has 1 fully saturated rings. The third-order valence-corrected chi connectivity index (χ3v) is 4.42. The summed E-state index contributed by atoms with van der Waals surface area (Å²) in [6, 6.07) is 5.53. The fraction of sp³-hybridized carbons (Fsp3) is 0.500. The number of hydrogen-bond acceptors (Lipinski definition) is 5. The van der Waals surface area contributed by atoms with E-state index in [9.17, 15) is 4.79 Å². The van der Waals surface area contributed by atoms with Gasteiger partial charge in [-0.15, -0.1) is 10.2 Å². The van der Waals surface area contributed by atoms with Crippen molar-refractivity contribution in [3.63, 3.8) is 0 Å². The Balaban J connectivity index is 1.47. The van der Waals surface area contributed by atoms with Crippen LogP contribution in [0.1, 0.15) is 19.8 Å². The first-order valence-corrected chi connectivity index (χ1v) is 8.51. The van der Waals surface area contributed by atoms with Crippen LogP contribution in [0.2, 0.25) is 5.15 Å². The van der Waals surface area contributed by atoms with E-state index in [1.165, 1.54) is 0 Å². The number of aromatic nitrogens is 4.